The lowest BCUT2D eigenvalue weighted by atomic mass is 10.0. The number of anilines is 1. The number of thiazole rings is 1. The monoisotopic (exact) mass is 305 g/mol. The van der Waals surface area contributed by atoms with Crippen LogP contribution in [0.2, 0.25) is 0 Å². The van der Waals surface area contributed by atoms with E-state index in [9.17, 15) is 4.79 Å². The number of carbonyl (C=O) groups excluding carboxylic acids is 1. The van der Waals surface area contributed by atoms with Crippen LogP contribution in [0, 0.1) is 0 Å². The highest BCUT2D eigenvalue weighted by molar-refractivity contribution is 7.13. The molecule has 2 rings (SSSR count). The van der Waals surface area contributed by atoms with Crippen LogP contribution in [-0.2, 0) is 11.2 Å². The highest BCUT2D eigenvalue weighted by Crippen LogP contribution is 2.23. The van der Waals surface area contributed by atoms with Gasteiger partial charge in [0.05, 0.1) is 18.3 Å². The number of amides is 1. The Hall–Kier alpha value is -2.08. The van der Waals surface area contributed by atoms with Crippen molar-refractivity contribution < 1.29 is 9.53 Å². The third-order valence-corrected chi connectivity index (χ3v) is 3.82. The van der Waals surface area contributed by atoms with Crippen LogP contribution in [0.3, 0.4) is 0 Å². The molecule has 2 aromatic rings. The molecule has 0 fully saturated rings. The summed E-state index contributed by atoms with van der Waals surface area (Å²) in [4.78, 5) is 16.2. The van der Waals surface area contributed by atoms with E-state index < -0.39 is 6.09 Å². The molecule has 0 saturated carbocycles. The maximum absolute atomic E-state index is 11.7. The van der Waals surface area contributed by atoms with Crippen LogP contribution >= 0.6 is 11.3 Å². The molecular formula is C15H19N3O2S. The molecule has 0 spiro atoms. The Morgan fingerprint density at radius 1 is 1.38 bits per heavy atom. The third-order valence-electron chi connectivity index (χ3n) is 2.94. The number of benzene rings is 1. The van der Waals surface area contributed by atoms with Gasteiger partial charge in [-0.05, 0) is 18.9 Å². The summed E-state index contributed by atoms with van der Waals surface area (Å²) in [5, 5.41) is 8.66. The Balaban J connectivity index is 2.15. The summed E-state index contributed by atoms with van der Waals surface area (Å²) in [6.07, 6.45) is 0.254. The van der Waals surface area contributed by atoms with E-state index in [0.717, 1.165) is 16.4 Å². The average Bonchev–Trinajstić information content (AvgIpc) is 2.97. The number of hydrogen-bond donors (Lipinski definition) is 2. The molecule has 2 N–H and O–H groups in total. The molecule has 5 nitrogen and oxygen atoms in total. The lowest BCUT2D eigenvalue weighted by Crippen LogP contribution is -2.30. The number of aromatic nitrogens is 1. The Morgan fingerprint density at radius 3 is 2.76 bits per heavy atom. The van der Waals surface area contributed by atoms with Crippen molar-refractivity contribution in [3.8, 4) is 0 Å². The first-order valence-electron chi connectivity index (χ1n) is 6.83. The SMILES string of the molecule is CCOC(=O)NC(Cc1ccccc1)c1csc(NC)n1. The van der Waals surface area contributed by atoms with Gasteiger partial charge in [-0.3, -0.25) is 0 Å². The van der Waals surface area contributed by atoms with Gasteiger partial charge in [0.15, 0.2) is 5.13 Å². The van der Waals surface area contributed by atoms with Crippen molar-refractivity contribution >= 4 is 22.6 Å². The summed E-state index contributed by atoms with van der Waals surface area (Å²) in [6.45, 7) is 2.14. The molecule has 0 aliphatic carbocycles. The molecule has 112 valence electrons. The normalized spacial score (nSPS) is 11.7. The lowest BCUT2D eigenvalue weighted by Gasteiger charge is -2.16. The van der Waals surface area contributed by atoms with E-state index in [1.807, 2.05) is 42.8 Å². The maximum Gasteiger partial charge on any atom is 0.407 e. The van der Waals surface area contributed by atoms with Crippen LogP contribution in [0.1, 0.15) is 24.2 Å². The van der Waals surface area contributed by atoms with Crippen LogP contribution in [0.5, 0.6) is 0 Å². The fourth-order valence-electron chi connectivity index (χ4n) is 1.96. The zero-order valence-electron chi connectivity index (χ0n) is 12.1. The summed E-state index contributed by atoms with van der Waals surface area (Å²) >= 11 is 1.51. The second-order valence-electron chi connectivity index (χ2n) is 4.43. The minimum absolute atomic E-state index is 0.204. The standard InChI is InChI=1S/C15H19N3O2S/c1-3-20-15(19)18-12(9-11-7-5-4-6-8-11)13-10-21-14(16-2)17-13/h4-8,10,12H,3,9H2,1-2H3,(H,16,17)(H,18,19). The maximum atomic E-state index is 11.7. The minimum Gasteiger partial charge on any atom is -0.450 e. The molecular weight excluding hydrogens is 286 g/mol. The van der Waals surface area contributed by atoms with E-state index >= 15 is 0 Å². The molecule has 0 saturated heterocycles. The van der Waals surface area contributed by atoms with Gasteiger partial charge in [-0.15, -0.1) is 11.3 Å². The van der Waals surface area contributed by atoms with Gasteiger partial charge in [0.25, 0.3) is 0 Å². The molecule has 1 unspecified atom stereocenters. The molecule has 0 aliphatic rings. The topological polar surface area (TPSA) is 63.2 Å². The molecule has 21 heavy (non-hydrogen) atoms. The predicted molar refractivity (Wildman–Crippen MR) is 84.7 cm³/mol. The van der Waals surface area contributed by atoms with Gasteiger partial charge in [-0.1, -0.05) is 30.3 Å². The van der Waals surface area contributed by atoms with E-state index in [1.165, 1.54) is 11.3 Å². The fourth-order valence-corrected chi connectivity index (χ4v) is 2.68. The van der Waals surface area contributed by atoms with Crippen LogP contribution in [0.4, 0.5) is 9.93 Å². The zero-order valence-corrected chi connectivity index (χ0v) is 12.9. The Morgan fingerprint density at radius 2 is 2.14 bits per heavy atom. The molecule has 1 aromatic heterocycles. The van der Waals surface area contributed by atoms with E-state index in [1.54, 1.807) is 6.92 Å². The first-order chi connectivity index (χ1) is 10.2. The van der Waals surface area contributed by atoms with Crippen molar-refractivity contribution in [2.24, 2.45) is 0 Å². The Kier molecular flexibility index (Phi) is 5.57. The van der Waals surface area contributed by atoms with Crippen molar-refractivity contribution in [1.29, 1.82) is 0 Å². The van der Waals surface area contributed by atoms with Crippen LogP contribution in [-0.4, -0.2) is 24.7 Å². The molecule has 0 aliphatic heterocycles. The molecule has 1 aromatic carbocycles. The van der Waals surface area contributed by atoms with Gasteiger partial charge in [0.1, 0.15) is 0 Å². The Bertz CT molecular complexity index is 571. The van der Waals surface area contributed by atoms with Crippen LogP contribution in [0.15, 0.2) is 35.7 Å². The van der Waals surface area contributed by atoms with E-state index in [2.05, 4.69) is 15.6 Å². The number of hydrogen-bond acceptors (Lipinski definition) is 5. The summed E-state index contributed by atoms with van der Waals surface area (Å²) < 4.78 is 4.97. The molecule has 1 heterocycles. The smallest absolute Gasteiger partial charge is 0.407 e. The highest BCUT2D eigenvalue weighted by atomic mass is 32.1. The van der Waals surface area contributed by atoms with Crippen LogP contribution < -0.4 is 10.6 Å². The summed E-state index contributed by atoms with van der Waals surface area (Å²) in [7, 11) is 1.83. The van der Waals surface area contributed by atoms with Gasteiger partial charge in [0.2, 0.25) is 0 Å². The minimum atomic E-state index is -0.419. The van der Waals surface area contributed by atoms with Gasteiger partial charge in [-0.25, -0.2) is 9.78 Å². The summed E-state index contributed by atoms with van der Waals surface area (Å²) in [5.41, 5.74) is 1.97. The van der Waals surface area contributed by atoms with Gasteiger partial charge in [-0.2, -0.15) is 0 Å². The van der Waals surface area contributed by atoms with Gasteiger partial charge < -0.3 is 15.4 Å². The molecule has 0 radical (unpaired) electrons. The fraction of sp³-hybridized carbons (Fsp3) is 0.333. The van der Waals surface area contributed by atoms with E-state index in [-0.39, 0.29) is 6.04 Å². The number of ether oxygens (including phenoxy) is 1. The summed E-state index contributed by atoms with van der Waals surface area (Å²) in [5.74, 6) is 0. The quantitative estimate of drug-likeness (QED) is 0.860. The first-order valence-corrected chi connectivity index (χ1v) is 7.71. The number of rotatable bonds is 6. The lowest BCUT2D eigenvalue weighted by molar-refractivity contribution is 0.147. The van der Waals surface area contributed by atoms with E-state index in [4.69, 9.17) is 4.74 Å². The Labute approximate surface area is 128 Å². The van der Waals surface area contributed by atoms with Crippen molar-refractivity contribution in [2.75, 3.05) is 19.0 Å². The van der Waals surface area contributed by atoms with Gasteiger partial charge in [0, 0.05) is 12.4 Å². The molecule has 0 bridgehead atoms. The van der Waals surface area contributed by atoms with Gasteiger partial charge >= 0.3 is 6.09 Å². The van der Waals surface area contributed by atoms with Crippen LogP contribution in [0.25, 0.3) is 0 Å². The third kappa shape index (κ3) is 4.46. The second-order valence-corrected chi connectivity index (χ2v) is 5.29. The van der Waals surface area contributed by atoms with Crippen molar-refractivity contribution in [2.45, 2.75) is 19.4 Å². The molecule has 6 heteroatoms. The first kappa shape index (κ1) is 15.3. The van der Waals surface area contributed by atoms with Crippen molar-refractivity contribution in [3.63, 3.8) is 0 Å². The highest BCUT2D eigenvalue weighted by Gasteiger charge is 2.18. The number of carbonyl (C=O) groups is 1. The average molecular weight is 305 g/mol. The zero-order chi connectivity index (χ0) is 15.1. The van der Waals surface area contributed by atoms with Crippen molar-refractivity contribution in [1.82, 2.24) is 10.3 Å². The van der Waals surface area contributed by atoms with Crippen molar-refractivity contribution in [3.05, 3.63) is 47.0 Å². The number of alkyl carbamates (subject to hydrolysis) is 1. The summed E-state index contributed by atoms with van der Waals surface area (Å²) in [6, 6.07) is 9.80. The number of nitrogens with one attached hydrogen (secondary N) is 2. The largest absolute Gasteiger partial charge is 0.450 e. The predicted octanol–water partition coefficient (Wildman–Crippen LogP) is 3.21. The second kappa shape index (κ2) is 7.64. The molecule has 1 atom stereocenters. The number of nitrogens with zero attached hydrogens (tertiary/aromatic N) is 1. The molecule has 1 amide bonds. The van der Waals surface area contributed by atoms with E-state index in [0.29, 0.717) is 13.0 Å².